The molecule has 0 saturated heterocycles. The summed E-state index contributed by atoms with van der Waals surface area (Å²) in [5.74, 6) is 2.08. The van der Waals surface area contributed by atoms with Gasteiger partial charge in [0.1, 0.15) is 5.78 Å². The summed E-state index contributed by atoms with van der Waals surface area (Å²) in [4.78, 5) is 23.9. The molecule has 0 aromatic carbocycles. The lowest BCUT2D eigenvalue weighted by molar-refractivity contribution is -0.142. The predicted octanol–water partition coefficient (Wildman–Crippen LogP) is 7.61. The van der Waals surface area contributed by atoms with E-state index in [0.717, 1.165) is 32.1 Å². The molecule has 7 atom stereocenters. The van der Waals surface area contributed by atoms with Crippen LogP contribution in [-0.2, 0) is 9.59 Å². The van der Waals surface area contributed by atoms with E-state index in [9.17, 15) is 9.59 Å². The molecule has 3 fully saturated rings. The fourth-order valence-electron chi connectivity index (χ4n) is 9.33. The van der Waals surface area contributed by atoms with Crippen LogP contribution < -0.4 is 0 Å². The minimum Gasteiger partial charge on any atom is -0.478 e. The number of allylic oxidation sites excluding steroid dienone is 3. The first-order chi connectivity index (χ1) is 15.3. The van der Waals surface area contributed by atoms with Crippen LogP contribution in [0.25, 0.3) is 0 Å². The molecule has 184 valence electrons. The zero-order chi connectivity index (χ0) is 24.4. The first-order valence-electron chi connectivity index (χ1n) is 13.4. The lowest BCUT2D eigenvalue weighted by Gasteiger charge is -2.63. The van der Waals surface area contributed by atoms with E-state index in [2.05, 4.69) is 47.6 Å². The highest BCUT2D eigenvalue weighted by Gasteiger charge is 2.65. The zero-order valence-electron chi connectivity index (χ0n) is 22.1. The smallest absolute Gasteiger partial charge is 0.330 e. The molecule has 1 N–H and O–H groups in total. The van der Waals surface area contributed by atoms with Gasteiger partial charge in [-0.1, -0.05) is 59.3 Å². The van der Waals surface area contributed by atoms with Gasteiger partial charge in [0.25, 0.3) is 0 Å². The van der Waals surface area contributed by atoms with Gasteiger partial charge in [-0.15, -0.1) is 0 Å². The topological polar surface area (TPSA) is 54.4 Å². The van der Waals surface area contributed by atoms with Crippen molar-refractivity contribution < 1.29 is 14.7 Å². The van der Waals surface area contributed by atoms with Gasteiger partial charge < -0.3 is 5.11 Å². The third kappa shape index (κ3) is 3.50. The molecular formula is C30H46O3. The van der Waals surface area contributed by atoms with E-state index in [-0.39, 0.29) is 10.8 Å². The van der Waals surface area contributed by atoms with Crippen LogP contribution in [0.3, 0.4) is 0 Å². The maximum Gasteiger partial charge on any atom is 0.330 e. The summed E-state index contributed by atoms with van der Waals surface area (Å²) >= 11 is 0. The third-order valence-corrected chi connectivity index (χ3v) is 11.7. The number of ketones is 1. The second-order valence-corrected chi connectivity index (χ2v) is 13.3. The normalized spacial score (nSPS) is 43.2. The van der Waals surface area contributed by atoms with Crippen molar-refractivity contribution >= 4 is 11.8 Å². The minimum absolute atomic E-state index is 0.174. The van der Waals surface area contributed by atoms with Crippen LogP contribution in [0.15, 0.2) is 23.3 Å². The molecule has 1 unspecified atom stereocenters. The molecule has 3 nitrogen and oxygen atoms in total. The molecule has 0 bridgehead atoms. The van der Waals surface area contributed by atoms with E-state index in [0.29, 0.717) is 45.9 Å². The van der Waals surface area contributed by atoms with Crippen LogP contribution in [-0.4, -0.2) is 16.9 Å². The van der Waals surface area contributed by atoms with Crippen LogP contribution in [0.4, 0.5) is 0 Å². The summed E-state index contributed by atoms with van der Waals surface area (Å²) in [6, 6.07) is 0. The van der Waals surface area contributed by atoms with Crippen molar-refractivity contribution in [1.82, 2.24) is 0 Å². The van der Waals surface area contributed by atoms with Crippen LogP contribution in [0.5, 0.6) is 0 Å². The Morgan fingerprint density at radius 1 is 1.12 bits per heavy atom. The highest BCUT2D eigenvalue weighted by molar-refractivity contribution is 5.86. The standard InChI is InChI=1S/C30H46O3/c1-19(9-8-10-20(2)26(32)33)21-13-17-30(7)23-11-12-24-27(3,4)25(31)15-16-28(24,5)22(23)14-18-29(21,30)6/h10,14,19,21,23-24H,8-9,11-13,15-18H2,1-7H3,(H,32,33)/b20-10+/t19-,21-,23-,24?,28-,29-,30+/m1/s1. The molecule has 3 saturated carbocycles. The Balaban J connectivity index is 1.59. The Morgan fingerprint density at radius 3 is 2.48 bits per heavy atom. The van der Waals surface area contributed by atoms with Crippen LogP contribution >= 0.6 is 0 Å². The van der Waals surface area contributed by atoms with Gasteiger partial charge in [0.2, 0.25) is 0 Å². The monoisotopic (exact) mass is 454 g/mol. The van der Waals surface area contributed by atoms with E-state index >= 15 is 0 Å². The molecule has 0 aliphatic heterocycles. The lowest BCUT2D eigenvalue weighted by Crippen LogP contribution is -2.56. The molecule has 0 spiro atoms. The number of fused-ring (bicyclic) bond motifs is 5. The van der Waals surface area contributed by atoms with E-state index in [4.69, 9.17) is 5.11 Å². The molecular weight excluding hydrogens is 408 g/mol. The van der Waals surface area contributed by atoms with Crippen molar-refractivity contribution in [2.75, 3.05) is 0 Å². The first-order valence-corrected chi connectivity index (χ1v) is 13.4. The van der Waals surface area contributed by atoms with Crippen molar-refractivity contribution in [3.63, 3.8) is 0 Å². The maximum absolute atomic E-state index is 12.8. The highest BCUT2D eigenvalue weighted by Crippen LogP contribution is 2.72. The lowest BCUT2D eigenvalue weighted by atomic mass is 9.41. The molecule has 3 heteroatoms. The van der Waals surface area contributed by atoms with Gasteiger partial charge in [0.15, 0.2) is 0 Å². The highest BCUT2D eigenvalue weighted by atomic mass is 16.4. The number of carbonyl (C=O) groups is 2. The van der Waals surface area contributed by atoms with Crippen molar-refractivity contribution in [2.45, 2.75) is 106 Å². The van der Waals surface area contributed by atoms with Crippen molar-refractivity contribution in [3.05, 3.63) is 23.3 Å². The SMILES string of the molecule is C/C(=C\CC[C@@H](C)[C@H]1CC[C@@]2(C)[C@@H]3CCC4C(C)(C)C(=O)CC[C@]4(C)C3=CC[C@]12C)C(=O)O. The number of hydrogen-bond acceptors (Lipinski definition) is 2. The molecule has 0 aromatic heterocycles. The summed E-state index contributed by atoms with van der Waals surface area (Å²) in [6.45, 7) is 16.2. The minimum atomic E-state index is -0.801. The number of carbonyl (C=O) groups excluding carboxylic acids is 1. The molecule has 0 aromatic rings. The molecule has 4 rings (SSSR count). The van der Waals surface area contributed by atoms with E-state index < -0.39 is 5.97 Å². The van der Waals surface area contributed by atoms with Crippen molar-refractivity contribution in [2.24, 2.45) is 45.3 Å². The quantitative estimate of drug-likeness (QED) is 0.343. The van der Waals surface area contributed by atoms with Crippen molar-refractivity contribution in [1.29, 1.82) is 0 Å². The van der Waals surface area contributed by atoms with E-state index in [1.807, 2.05) is 6.08 Å². The molecule has 0 heterocycles. The Hall–Kier alpha value is -1.38. The second kappa shape index (κ2) is 8.09. The van der Waals surface area contributed by atoms with E-state index in [1.54, 1.807) is 12.5 Å². The summed E-state index contributed by atoms with van der Waals surface area (Å²) in [6.07, 6.45) is 14.4. The Bertz CT molecular complexity index is 894. The molecule has 4 aliphatic rings. The first kappa shape index (κ1) is 24.7. The van der Waals surface area contributed by atoms with Gasteiger partial charge in [-0.05, 0) is 98.2 Å². The molecule has 0 amide bonds. The predicted molar refractivity (Wildman–Crippen MR) is 134 cm³/mol. The van der Waals surface area contributed by atoms with Crippen molar-refractivity contribution in [3.8, 4) is 0 Å². The maximum atomic E-state index is 12.8. The summed E-state index contributed by atoms with van der Waals surface area (Å²) in [5, 5.41) is 9.15. The second-order valence-electron chi connectivity index (χ2n) is 13.3. The fourth-order valence-corrected chi connectivity index (χ4v) is 9.33. The Kier molecular flexibility index (Phi) is 6.07. The van der Waals surface area contributed by atoms with Gasteiger partial charge >= 0.3 is 5.97 Å². The van der Waals surface area contributed by atoms with Gasteiger partial charge in [0.05, 0.1) is 0 Å². The van der Waals surface area contributed by atoms with E-state index in [1.165, 1.54) is 25.7 Å². The van der Waals surface area contributed by atoms with Gasteiger partial charge in [-0.3, -0.25) is 4.79 Å². The Labute approximate surface area is 201 Å². The number of aliphatic carboxylic acids is 1. The molecule has 33 heavy (non-hydrogen) atoms. The fraction of sp³-hybridized carbons (Fsp3) is 0.800. The van der Waals surface area contributed by atoms with Crippen LogP contribution in [0, 0.1) is 45.3 Å². The largest absolute Gasteiger partial charge is 0.478 e. The average Bonchev–Trinajstić information content (AvgIpc) is 3.02. The molecule has 4 aliphatic carbocycles. The van der Waals surface area contributed by atoms with Gasteiger partial charge in [0, 0.05) is 17.4 Å². The molecule has 0 radical (unpaired) electrons. The number of carboxylic acid groups (broad SMARTS) is 1. The Morgan fingerprint density at radius 2 is 1.82 bits per heavy atom. The van der Waals surface area contributed by atoms with Gasteiger partial charge in [-0.2, -0.15) is 0 Å². The summed E-state index contributed by atoms with van der Waals surface area (Å²) in [7, 11) is 0. The van der Waals surface area contributed by atoms with Crippen LogP contribution in [0.1, 0.15) is 106 Å². The number of carboxylic acids is 1. The zero-order valence-corrected chi connectivity index (χ0v) is 22.1. The number of rotatable bonds is 5. The summed E-state index contributed by atoms with van der Waals surface area (Å²) in [5.41, 5.74) is 2.77. The summed E-state index contributed by atoms with van der Waals surface area (Å²) < 4.78 is 0. The van der Waals surface area contributed by atoms with Gasteiger partial charge in [-0.25, -0.2) is 4.79 Å². The van der Waals surface area contributed by atoms with Crippen LogP contribution in [0.2, 0.25) is 0 Å². The third-order valence-electron chi connectivity index (χ3n) is 11.7. The number of Topliss-reactive ketones (excluding diaryl/α,β-unsaturated/α-hetero) is 1. The number of hydrogen-bond donors (Lipinski definition) is 1. The average molecular weight is 455 g/mol.